The quantitative estimate of drug-likeness (QED) is 0.801. The van der Waals surface area contributed by atoms with Crippen LogP contribution < -0.4 is 5.32 Å². The first kappa shape index (κ1) is 12.0. The van der Waals surface area contributed by atoms with Gasteiger partial charge in [0.05, 0.1) is 16.7 Å². The number of halogens is 1. The summed E-state index contributed by atoms with van der Waals surface area (Å²) in [7, 11) is 0. The molecule has 0 aliphatic heterocycles. The highest BCUT2D eigenvalue weighted by Crippen LogP contribution is 2.16. The van der Waals surface area contributed by atoms with Gasteiger partial charge in [-0.05, 0) is 41.1 Å². The van der Waals surface area contributed by atoms with Crippen LogP contribution in [0.3, 0.4) is 0 Å². The molecular weight excluding hydrogens is 308 g/mol. The zero-order valence-corrected chi connectivity index (χ0v) is 11.8. The molecule has 19 heavy (non-hydrogen) atoms. The van der Waals surface area contributed by atoms with Gasteiger partial charge in [0.15, 0.2) is 5.65 Å². The molecule has 6 nitrogen and oxygen atoms in total. The first-order chi connectivity index (χ1) is 9.22. The number of aryl methyl sites for hydroxylation is 1. The van der Waals surface area contributed by atoms with Crippen LogP contribution in [0, 0.1) is 6.92 Å². The van der Waals surface area contributed by atoms with Crippen LogP contribution in [0.15, 0.2) is 35.1 Å². The molecule has 7 heteroatoms. The van der Waals surface area contributed by atoms with E-state index in [1.54, 1.807) is 10.7 Å². The molecule has 0 saturated carbocycles. The van der Waals surface area contributed by atoms with Crippen molar-refractivity contribution < 1.29 is 0 Å². The Labute approximate surface area is 118 Å². The molecule has 0 radical (unpaired) electrons. The second-order valence-corrected chi connectivity index (χ2v) is 4.86. The Hall–Kier alpha value is -2.02. The van der Waals surface area contributed by atoms with E-state index in [-0.39, 0.29) is 0 Å². The third-order valence-electron chi connectivity index (χ3n) is 2.58. The summed E-state index contributed by atoms with van der Waals surface area (Å²) in [5.41, 5.74) is 1.69. The van der Waals surface area contributed by atoms with Gasteiger partial charge in [-0.3, -0.25) is 0 Å². The molecule has 0 amide bonds. The average molecular weight is 319 g/mol. The molecule has 0 aliphatic carbocycles. The molecule has 0 atom stereocenters. The highest BCUT2D eigenvalue weighted by molar-refractivity contribution is 9.10. The van der Waals surface area contributed by atoms with Crippen molar-refractivity contribution in [2.24, 2.45) is 0 Å². The summed E-state index contributed by atoms with van der Waals surface area (Å²) in [5.74, 6) is 1.33. The Morgan fingerprint density at radius 1 is 1.32 bits per heavy atom. The number of rotatable bonds is 3. The lowest BCUT2D eigenvalue weighted by Crippen LogP contribution is -2.04. The lowest BCUT2D eigenvalue weighted by Gasteiger charge is -2.01. The Bertz CT molecular complexity index is 723. The SMILES string of the molecule is Cc1nccc(CNc2nc3c(Br)cccn3n2)n1. The molecule has 0 fully saturated rings. The normalized spacial score (nSPS) is 10.8. The van der Waals surface area contributed by atoms with Crippen molar-refractivity contribution in [1.82, 2.24) is 24.6 Å². The van der Waals surface area contributed by atoms with Crippen molar-refractivity contribution >= 4 is 27.5 Å². The third-order valence-corrected chi connectivity index (χ3v) is 3.19. The Morgan fingerprint density at radius 2 is 2.21 bits per heavy atom. The van der Waals surface area contributed by atoms with Gasteiger partial charge in [0, 0.05) is 12.4 Å². The number of nitrogens with zero attached hydrogens (tertiary/aromatic N) is 5. The molecule has 3 aromatic heterocycles. The fourth-order valence-corrected chi connectivity index (χ4v) is 2.14. The molecule has 3 heterocycles. The number of anilines is 1. The van der Waals surface area contributed by atoms with E-state index in [9.17, 15) is 0 Å². The van der Waals surface area contributed by atoms with Crippen molar-refractivity contribution in [2.75, 3.05) is 5.32 Å². The van der Waals surface area contributed by atoms with Crippen LogP contribution in [0.4, 0.5) is 5.95 Å². The number of fused-ring (bicyclic) bond motifs is 1. The van der Waals surface area contributed by atoms with Gasteiger partial charge in [-0.1, -0.05) is 0 Å². The van der Waals surface area contributed by atoms with E-state index in [2.05, 4.69) is 41.3 Å². The zero-order chi connectivity index (χ0) is 13.2. The molecule has 0 unspecified atom stereocenters. The highest BCUT2D eigenvalue weighted by atomic mass is 79.9. The fourth-order valence-electron chi connectivity index (χ4n) is 1.72. The molecule has 0 saturated heterocycles. The van der Waals surface area contributed by atoms with E-state index in [0.717, 1.165) is 21.6 Å². The van der Waals surface area contributed by atoms with Crippen molar-refractivity contribution in [2.45, 2.75) is 13.5 Å². The number of hydrogen-bond donors (Lipinski definition) is 1. The topological polar surface area (TPSA) is 68.0 Å². The van der Waals surface area contributed by atoms with Crippen LogP contribution in [-0.4, -0.2) is 24.6 Å². The average Bonchev–Trinajstić information content (AvgIpc) is 2.81. The van der Waals surface area contributed by atoms with Crippen LogP contribution in [0.5, 0.6) is 0 Å². The van der Waals surface area contributed by atoms with Crippen molar-refractivity contribution in [3.8, 4) is 0 Å². The summed E-state index contributed by atoms with van der Waals surface area (Å²) in [4.78, 5) is 12.8. The third kappa shape index (κ3) is 2.55. The second kappa shape index (κ2) is 4.93. The molecule has 1 N–H and O–H groups in total. The molecule has 96 valence electrons. The number of pyridine rings is 1. The van der Waals surface area contributed by atoms with E-state index >= 15 is 0 Å². The summed E-state index contributed by atoms with van der Waals surface area (Å²) in [5, 5.41) is 7.48. The molecule has 0 spiro atoms. The van der Waals surface area contributed by atoms with Crippen LogP contribution in [0.25, 0.3) is 5.65 Å². The molecule has 0 aliphatic rings. The monoisotopic (exact) mass is 318 g/mol. The maximum Gasteiger partial charge on any atom is 0.243 e. The smallest absolute Gasteiger partial charge is 0.243 e. The summed E-state index contributed by atoms with van der Waals surface area (Å²) >= 11 is 3.44. The van der Waals surface area contributed by atoms with Gasteiger partial charge in [-0.2, -0.15) is 4.98 Å². The maximum atomic E-state index is 4.40. The largest absolute Gasteiger partial charge is 0.347 e. The predicted molar refractivity (Wildman–Crippen MR) is 74.8 cm³/mol. The van der Waals surface area contributed by atoms with Crippen LogP contribution in [0.2, 0.25) is 0 Å². The Morgan fingerprint density at radius 3 is 3.00 bits per heavy atom. The fraction of sp³-hybridized carbons (Fsp3) is 0.167. The van der Waals surface area contributed by atoms with E-state index in [0.29, 0.717) is 12.5 Å². The summed E-state index contributed by atoms with van der Waals surface area (Å²) in [6, 6.07) is 5.70. The highest BCUT2D eigenvalue weighted by Gasteiger charge is 2.06. The van der Waals surface area contributed by atoms with Gasteiger partial charge in [0.25, 0.3) is 0 Å². The van der Waals surface area contributed by atoms with E-state index in [1.807, 2.05) is 31.3 Å². The van der Waals surface area contributed by atoms with Crippen molar-refractivity contribution in [1.29, 1.82) is 0 Å². The van der Waals surface area contributed by atoms with Crippen molar-refractivity contribution in [3.05, 3.63) is 46.6 Å². The molecule has 0 bridgehead atoms. The maximum absolute atomic E-state index is 4.40. The van der Waals surface area contributed by atoms with E-state index < -0.39 is 0 Å². The van der Waals surface area contributed by atoms with Crippen LogP contribution in [-0.2, 0) is 6.54 Å². The molecule has 0 aromatic carbocycles. The standard InChI is InChI=1S/C12H11BrN6/c1-8-14-5-4-9(16-8)7-15-12-17-11-10(13)3-2-6-19(11)18-12/h2-6H,7H2,1H3,(H,15,18). The minimum atomic E-state index is 0.567. The first-order valence-corrected chi connectivity index (χ1v) is 6.55. The van der Waals surface area contributed by atoms with Gasteiger partial charge >= 0.3 is 0 Å². The molecular formula is C12H11BrN6. The van der Waals surface area contributed by atoms with Crippen molar-refractivity contribution in [3.63, 3.8) is 0 Å². The molecule has 3 aromatic rings. The van der Waals surface area contributed by atoms with Gasteiger partial charge in [0.1, 0.15) is 5.82 Å². The summed E-state index contributed by atoms with van der Waals surface area (Å²) in [6.45, 7) is 2.43. The first-order valence-electron chi connectivity index (χ1n) is 5.76. The lowest BCUT2D eigenvalue weighted by molar-refractivity contribution is 0.921. The van der Waals surface area contributed by atoms with Gasteiger partial charge < -0.3 is 5.32 Å². The van der Waals surface area contributed by atoms with E-state index in [4.69, 9.17) is 0 Å². The van der Waals surface area contributed by atoms with E-state index in [1.165, 1.54) is 0 Å². The minimum absolute atomic E-state index is 0.567. The van der Waals surface area contributed by atoms with Crippen LogP contribution >= 0.6 is 15.9 Å². The number of nitrogens with one attached hydrogen (secondary N) is 1. The number of aromatic nitrogens is 5. The van der Waals surface area contributed by atoms with Crippen LogP contribution in [0.1, 0.15) is 11.5 Å². The summed E-state index contributed by atoms with van der Waals surface area (Å²) in [6.07, 6.45) is 3.60. The lowest BCUT2D eigenvalue weighted by atomic mass is 10.4. The zero-order valence-electron chi connectivity index (χ0n) is 10.2. The van der Waals surface area contributed by atoms with Gasteiger partial charge in [0.2, 0.25) is 5.95 Å². The predicted octanol–water partition coefficient (Wildman–Crippen LogP) is 2.20. The van der Waals surface area contributed by atoms with Gasteiger partial charge in [-0.15, -0.1) is 5.10 Å². The Kier molecular flexibility index (Phi) is 3.12. The minimum Gasteiger partial charge on any atom is -0.347 e. The number of hydrogen-bond acceptors (Lipinski definition) is 5. The molecule has 3 rings (SSSR count). The summed E-state index contributed by atoms with van der Waals surface area (Å²) < 4.78 is 2.63. The second-order valence-electron chi connectivity index (χ2n) is 4.01. The van der Waals surface area contributed by atoms with Gasteiger partial charge in [-0.25, -0.2) is 14.5 Å². The Balaban J connectivity index is 1.80.